The van der Waals surface area contributed by atoms with E-state index in [1.807, 2.05) is 30.3 Å². The fraction of sp³-hybridized carbons (Fsp3) is 0.0833. The third kappa shape index (κ3) is 1.13. The number of benzene rings is 1. The topological polar surface area (TPSA) is 62.0 Å². The molecule has 0 aromatic heterocycles. The molecule has 0 spiro atoms. The Morgan fingerprint density at radius 1 is 1.31 bits per heavy atom. The van der Waals surface area contributed by atoms with Gasteiger partial charge in [-0.05, 0) is 12.1 Å². The molecular formula is C12H8N2O2. The van der Waals surface area contributed by atoms with Gasteiger partial charge in [-0.3, -0.25) is 4.99 Å². The number of hydrogen-bond donors (Lipinski definition) is 1. The summed E-state index contributed by atoms with van der Waals surface area (Å²) in [4.78, 5) is 19.3. The lowest BCUT2D eigenvalue weighted by Crippen LogP contribution is -2.29. The fourth-order valence-electron chi connectivity index (χ4n) is 1.97. The van der Waals surface area contributed by atoms with Crippen molar-refractivity contribution in [2.75, 3.05) is 0 Å². The molecule has 0 amide bonds. The van der Waals surface area contributed by atoms with Crippen molar-refractivity contribution >= 4 is 29.2 Å². The summed E-state index contributed by atoms with van der Waals surface area (Å²) in [5, 5.41) is 9.04. The van der Waals surface area contributed by atoms with E-state index in [0.717, 1.165) is 16.8 Å². The molecule has 0 saturated heterocycles. The van der Waals surface area contributed by atoms with Crippen LogP contribution in [0.5, 0.6) is 0 Å². The summed E-state index contributed by atoms with van der Waals surface area (Å²) >= 11 is 0. The molecule has 78 valence electrons. The number of carboxylic acid groups (broad SMARTS) is 1. The average molecular weight is 212 g/mol. The highest BCUT2D eigenvalue weighted by molar-refractivity contribution is 6.38. The Hall–Kier alpha value is -2.23. The number of allylic oxidation sites excluding steroid dienone is 1. The van der Waals surface area contributed by atoms with Crippen molar-refractivity contribution < 1.29 is 9.90 Å². The summed E-state index contributed by atoms with van der Waals surface area (Å²) in [7, 11) is 0. The van der Waals surface area contributed by atoms with Crippen LogP contribution in [0.1, 0.15) is 5.56 Å². The molecule has 1 unspecified atom stereocenters. The molecule has 4 heteroatoms. The molecule has 0 radical (unpaired) electrons. The molecule has 3 rings (SSSR count). The molecular weight excluding hydrogens is 204 g/mol. The second-order valence-corrected chi connectivity index (χ2v) is 3.63. The predicted molar refractivity (Wildman–Crippen MR) is 61.4 cm³/mol. The Morgan fingerprint density at radius 2 is 2.12 bits per heavy atom. The lowest BCUT2D eigenvalue weighted by Gasteiger charge is -2.12. The van der Waals surface area contributed by atoms with Crippen LogP contribution < -0.4 is 0 Å². The number of hydrogen-bond acceptors (Lipinski definition) is 3. The Morgan fingerprint density at radius 3 is 2.94 bits per heavy atom. The van der Waals surface area contributed by atoms with Crippen LogP contribution in [0.25, 0.3) is 5.57 Å². The zero-order valence-electron chi connectivity index (χ0n) is 8.29. The molecule has 0 aliphatic carbocycles. The smallest absolute Gasteiger partial charge is 0.334 e. The SMILES string of the molecule is O=C(O)C1N=CC=C2C1=Nc1ccccc12. The highest BCUT2D eigenvalue weighted by Gasteiger charge is 2.32. The quantitative estimate of drug-likeness (QED) is 0.770. The zero-order chi connectivity index (χ0) is 11.1. The maximum Gasteiger partial charge on any atom is 0.334 e. The van der Waals surface area contributed by atoms with Crippen LogP contribution in [-0.4, -0.2) is 29.0 Å². The second kappa shape index (κ2) is 3.13. The van der Waals surface area contributed by atoms with Gasteiger partial charge in [0.25, 0.3) is 0 Å². The predicted octanol–water partition coefficient (Wildman–Crippen LogP) is 1.69. The number of para-hydroxylation sites is 1. The number of aliphatic imine (C=N–C) groups is 2. The Bertz CT molecular complexity index is 570. The van der Waals surface area contributed by atoms with Gasteiger partial charge < -0.3 is 5.11 Å². The normalized spacial score (nSPS) is 20.9. The summed E-state index contributed by atoms with van der Waals surface area (Å²) < 4.78 is 0. The summed E-state index contributed by atoms with van der Waals surface area (Å²) in [5.74, 6) is -0.964. The van der Waals surface area contributed by atoms with Crippen LogP contribution in [0.2, 0.25) is 0 Å². The van der Waals surface area contributed by atoms with Crippen LogP contribution >= 0.6 is 0 Å². The molecule has 16 heavy (non-hydrogen) atoms. The molecule has 2 aliphatic heterocycles. The van der Waals surface area contributed by atoms with Gasteiger partial charge in [-0.2, -0.15) is 0 Å². The molecule has 0 fully saturated rings. The van der Waals surface area contributed by atoms with Gasteiger partial charge in [0.1, 0.15) is 0 Å². The monoisotopic (exact) mass is 212 g/mol. The lowest BCUT2D eigenvalue weighted by atomic mass is 9.97. The van der Waals surface area contributed by atoms with Gasteiger partial charge in [0.05, 0.1) is 11.4 Å². The maximum absolute atomic E-state index is 11.0. The standard InChI is InChI=1S/C12H8N2O2/c15-12(16)11-10-8(5-6-13-11)7-3-1-2-4-9(7)14-10/h1-6,11H,(H,15,16). The van der Waals surface area contributed by atoms with E-state index in [0.29, 0.717) is 5.71 Å². The zero-order valence-corrected chi connectivity index (χ0v) is 8.29. The summed E-state index contributed by atoms with van der Waals surface area (Å²) in [5.41, 5.74) is 3.21. The minimum atomic E-state index is -0.964. The molecule has 1 atom stereocenters. The molecule has 1 aromatic carbocycles. The van der Waals surface area contributed by atoms with Crippen LogP contribution in [0.15, 0.2) is 40.3 Å². The summed E-state index contributed by atoms with van der Waals surface area (Å²) in [6.45, 7) is 0. The first kappa shape index (κ1) is 9.03. The van der Waals surface area contributed by atoms with Crippen molar-refractivity contribution in [1.82, 2.24) is 0 Å². The number of aliphatic carboxylic acids is 1. The summed E-state index contributed by atoms with van der Waals surface area (Å²) in [6.07, 6.45) is 3.35. The number of dihydropyridines is 1. The van der Waals surface area contributed by atoms with E-state index < -0.39 is 12.0 Å². The molecule has 1 aromatic rings. The van der Waals surface area contributed by atoms with E-state index in [4.69, 9.17) is 5.11 Å². The van der Waals surface area contributed by atoms with Crippen LogP contribution in [-0.2, 0) is 4.79 Å². The maximum atomic E-state index is 11.0. The van der Waals surface area contributed by atoms with Gasteiger partial charge in [-0.15, -0.1) is 0 Å². The third-order valence-electron chi connectivity index (χ3n) is 2.68. The van der Waals surface area contributed by atoms with E-state index in [1.165, 1.54) is 6.21 Å². The van der Waals surface area contributed by atoms with Crippen molar-refractivity contribution in [2.24, 2.45) is 9.98 Å². The van der Waals surface area contributed by atoms with Gasteiger partial charge in [-0.25, -0.2) is 9.79 Å². The molecule has 4 nitrogen and oxygen atoms in total. The van der Waals surface area contributed by atoms with Gasteiger partial charge in [0.2, 0.25) is 0 Å². The number of carbonyl (C=O) groups is 1. The summed E-state index contributed by atoms with van der Waals surface area (Å²) in [6, 6.07) is 6.75. The first-order valence-corrected chi connectivity index (χ1v) is 4.92. The van der Waals surface area contributed by atoms with Gasteiger partial charge in [0.15, 0.2) is 6.04 Å². The minimum absolute atomic E-state index is 0.538. The molecule has 1 N–H and O–H groups in total. The highest BCUT2D eigenvalue weighted by Crippen LogP contribution is 2.36. The fourth-order valence-corrected chi connectivity index (χ4v) is 1.97. The van der Waals surface area contributed by atoms with Gasteiger partial charge in [-0.1, -0.05) is 18.2 Å². The number of nitrogens with zero attached hydrogens (tertiary/aromatic N) is 2. The molecule has 2 heterocycles. The van der Waals surface area contributed by atoms with Crippen LogP contribution in [0.4, 0.5) is 5.69 Å². The largest absolute Gasteiger partial charge is 0.479 e. The molecule has 2 aliphatic rings. The Kier molecular flexibility index (Phi) is 1.77. The average Bonchev–Trinajstić information content (AvgIpc) is 2.67. The van der Waals surface area contributed by atoms with Crippen LogP contribution in [0, 0.1) is 0 Å². The van der Waals surface area contributed by atoms with E-state index in [9.17, 15) is 4.79 Å². The third-order valence-corrected chi connectivity index (χ3v) is 2.68. The van der Waals surface area contributed by atoms with E-state index in [1.54, 1.807) is 0 Å². The lowest BCUT2D eigenvalue weighted by molar-refractivity contribution is -0.136. The van der Waals surface area contributed by atoms with Gasteiger partial charge in [0, 0.05) is 17.4 Å². The van der Waals surface area contributed by atoms with E-state index in [2.05, 4.69) is 9.98 Å². The number of rotatable bonds is 1. The highest BCUT2D eigenvalue weighted by atomic mass is 16.4. The molecule has 0 bridgehead atoms. The van der Waals surface area contributed by atoms with Crippen molar-refractivity contribution in [3.05, 3.63) is 35.9 Å². The van der Waals surface area contributed by atoms with Crippen molar-refractivity contribution in [3.63, 3.8) is 0 Å². The second-order valence-electron chi connectivity index (χ2n) is 3.63. The first-order valence-electron chi connectivity index (χ1n) is 4.92. The van der Waals surface area contributed by atoms with E-state index >= 15 is 0 Å². The Balaban J connectivity index is 2.16. The first-order chi connectivity index (χ1) is 7.77. The van der Waals surface area contributed by atoms with Gasteiger partial charge >= 0.3 is 5.97 Å². The van der Waals surface area contributed by atoms with Crippen molar-refractivity contribution in [1.29, 1.82) is 0 Å². The van der Waals surface area contributed by atoms with E-state index in [-0.39, 0.29) is 0 Å². The number of carboxylic acids is 1. The van der Waals surface area contributed by atoms with Crippen LogP contribution in [0.3, 0.4) is 0 Å². The van der Waals surface area contributed by atoms with Crippen molar-refractivity contribution in [2.45, 2.75) is 6.04 Å². The number of fused-ring (bicyclic) bond motifs is 3. The molecule has 0 saturated carbocycles. The minimum Gasteiger partial charge on any atom is -0.479 e. The van der Waals surface area contributed by atoms with Crippen molar-refractivity contribution in [3.8, 4) is 0 Å². The Labute approximate surface area is 91.7 Å².